The van der Waals surface area contributed by atoms with Gasteiger partial charge in [-0.1, -0.05) is 20.8 Å². The van der Waals surface area contributed by atoms with Crippen molar-refractivity contribution in [2.75, 3.05) is 13.1 Å². The summed E-state index contributed by atoms with van der Waals surface area (Å²) in [5, 5.41) is 4.52. The monoisotopic (exact) mass is 376 g/mol. The highest BCUT2D eigenvalue weighted by Crippen LogP contribution is 2.39. The van der Waals surface area contributed by atoms with Crippen molar-refractivity contribution in [3.63, 3.8) is 0 Å². The van der Waals surface area contributed by atoms with Crippen molar-refractivity contribution < 1.29 is 9.21 Å². The zero-order chi connectivity index (χ0) is 19.1. The fourth-order valence-corrected chi connectivity index (χ4v) is 3.94. The van der Waals surface area contributed by atoms with Crippen LogP contribution in [0, 0.1) is 18.3 Å². The zero-order valence-corrected chi connectivity index (χ0v) is 16.8. The standard InChI is InChI=1S/C19H28N4O2S/c1-11-5-7-23(8-6-11)17(24)16-12(2)15-13(21-22-18(20)26)9-19(3,4)10-14(15)25-16/h11H,5-10H2,1-4H3,(H3,20,22,26)/b21-13-. The molecule has 6 nitrogen and oxygen atoms in total. The van der Waals surface area contributed by atoms with Gasteiger partial charge in [-0.05, 0) is 49.7 Å². The first kappa shape index (κ1) is 18.9. The number of fused-ring (bicyclic) bond motifs is 1. The molecule has 142 valence electrons. The third-order valence-electron chi connectivity index (χ3n) is 5.36. The van der Waals surface area contributed by atoms with E-state index >= 15 is 0 Å². The van der Waals surface area contributed by atoms with Crippen LogP contribution >= 0.6 is 12.2 Å². The summed E-state index contributed by atoms with van der Waals surface area (Å²) in [6, 6.07) is 0. The molecule has 26 heavy (non-hydrogen) atoms. The average Bonchev–Trinajstić information content (AvgIpc) is 2.88. The molecule has 0 aromatic carbocycles. The Labute approximate surface area is 160 Å². The lowest BCUT2D eigenvalue weighted by Crippen LogP contribution is -2.38. The Hall–Kier alpha value is -1.89. The van der Waals surface area contributed by atoms with Crippen LogP contribution in [-0.2, 0) is 6.42 Å². The van der Waals surface area contributed by atoms with Gasteiger partial charge in [-0.15, -0.1) is 0 Å². The van der Waals surface area contributed by atoms with Gasteiger partial charge in [0.05, 0.1) is 5.71 Å². The van der Waals surface area contributed by atoms with Crippen LogP contribution in [0.3, 0.4) is 0 Å². The van der Waals surface area contributed by atoms with Gasteiger partial charge in [-0.2, -0.15) is 5.10 Å². The van der Waals surface area contributed by atoms with Crippen molar-refractivity contribution in [2.45, 2.75) is 53.4 Å². The van der Waals surface area contributed by atoms with Crippen molar-refractivity contribution in [1.82, 2.24) is 10.3 Å². The van der Waals surface area contributed by atoms with Crippen molar-refractivity contribution in [2.24, 2.45) is 22.2 Å². The first-order valence-electron chi connectivity index (χ1n) is 9.22. The molecular formula is C19H28N4O2S. The molecule has 0 bridgehead atoms. The molecule has 1 fully saturated rings. The number of piperidine rings is 1. The highest BCUT2D eigenvalue weighted by molar-refractivity contribution is 7.80. The van der Waals surface area contributed by atoms with Crippen molar-refractivity contribution >= 4 is 28.9 Å². The van der Waals surface area contributed by atoms with Crippen LogP contribution in [0.15, 0.2) is 9.52 Å². The molecule has 2 heterocycles. The molecule has 3 rings (SSSR count). The summed E-state index contributed by atoms with van der Waals surface area (Å²) < 4.78 is 6.09. The van der Waals surface area contributed by atoms with Crippen LogP contribution in [0.4, 0.5) is 0 Å². The first-order valence-corrected chi connectivity index (χ1v) is 9.62. The Balaban J connectivity index is 1.95. The molecule has 0 radical (unpaired) electrons. The van der Waals surface area contributed by atoms with Crippen LogP contribution in [0.25, 0.3) is 0 Å². The maximum atomic E-state index is 13.0. The Kier molecular flexibility index (Phi) is 5.10. The van der Waals surface area contributed by atoms with Gasteiger partial charge >= 0.3 is 0 Å². The summed E-state index contributed by atoms with van der Waals surface area (Å²) in [6.07, 6.45) is 3.63. The van der Waals surface area contributed by atoms with E-state index in [4.69, 9.17) is 22.4 Å². The van der Waals surface area contributed by atoms with E-state index in [0.29, 0.717) is 11.7 Å². The van der Waals surface area contributed by atoms with E-state index in [1.54, 1.807) is 0 Å². The minimum Gasteiger partial charge on any atom is -0.455 e. The molecule has 0 atom stereocenters. The number of rotatable bonds is 2. The second kappa shape index (κ2) is 7.02. The number of carbonyl (C=O) groups is 1. The molecule has 1 aromatic rings. The van der Waals surface area contributed by atoms with E-state index in [1.807, 2.05) is 11.8 Å². The summed E-state index contributed by atoms with van der Waals surface area (Å²) in [5.41, 5.74) is 10.8. The smallest absolute Gasteiger partial charge is 0.289 e. The number of nitrogens with zero attached hydrogens (tertiary/aromatic N) is 2. The second-order valence-electron chi connectivity index (χ2n) is 8.38. The number of thiocarbonyl (C=S) groups is 1. The Morgan fingerprint density at radius 2 is 2.00 bits per heavy atom. The lowest BCUT2D eigenvalue weighted by molar-refractivity contribution is 0.0661. The van der Waals surface area contributed by atoms with Crippen molar-refractivity contribution in [3.8, 4) is 0 Å². The quantitative estimate of drug-likeness (QED) is 0.612. The van der Waals surface area contributed by atoms with Crippen molar-refractivity contribution in [3.05, 3.63) is 22.6 Å². The topological polar surface area (TPSA) is 83.9 Å². The summed E-state index contributed by atoms with van der Waals surface area (Å²) in [5.74, 6) is 1.94. The Bertz CT molecular complexity index is 758. The molecule has 1 saturated heterocycles. The maximum absolute atomic E-state index is 13.0. The summed E-state index contributed by atoms with van der Waals surface area (Å²) in [7, 11) is 0. The van der Waals surface area contributed by atoms with Crippen LogP contribution in [0.2, 0.25) is 0 Å². The lowest BCUT2D eigenvalue weighted by Gasteiger charge is -2.29. The molecule has 0 unspecified atom stereocenters. The predicted molar refractivity (Wildman–Crippen MR) is 106 cm³/mol. The molecule has 0 spiro atoms. The van der Waals surface area contributed by atoms with Gasteiger partial charge in [0.1, 0.15) is 5.76 Å². The van der Waals surface area contributed by atoms with Gasteiger partial charge in [0, 0.05) is 30.6 Å². The third kappa shape index (κ3) is 3.77. The third-order valence-corrected chi connectivity index (χ3v) is 5.45. The van der Waals surface area contributed by atoms with E-state index in [1.165, 1.54) is 0 Å². The second-order valence-corrected chi connectivity index (χ2v) is 8.82. The maximum Gasteiger partial charge on any atom is 0.289 e. The zero-order valence-electron chi connectivity index (χ0n) is 16.0. The highest BCUT2D eigenvalue weighted by atomic mass is 32.1. The molecule has 1 aromatic heterocycles. The van der Waals surface area contributed by atoms with Gasteiger partial charge in [0.15, 0.2) is 10.9 Å². The molecule has 1 aliphatic heterocycles. The molecule has 7 heteroatoms. The number of carbonyl (C=O) groups excluding carboxylic acids is 1. The van der Waals surface area contributed by atoms with Crippen LogP contribution in [0.5, 0.6) is 0 Å². The number of hydrazone groups is 1. The number of hydrogen-bond acceptors (Lipinski definition) is 4. The molecule has 3 N–H and O–H groups in total. The normalized spacial score (nSPS) is 21.5. The number of hydrogen-bond donors (Lipinski definition) is 2. The summed E-state index contributed by atoms with van der Waals surface area (Å²) in [6.45, 7) is 10.1. The van der Waals surface area contributed by atoms with Gasteiger partial charge in [-0.25, -0.2) is 0 Å². The molecule has 2 aliphatic rings. The van der Waals surface area contributed by atoms with E-state index < -0.39 is 0 Å². The Morgan fingerprint density at radius 1 is 1.35 bits per heavy atom. The Morgan fingerprint density at radius 3 is 2.62 bits per heavy atom. The highest BCUT2D eigenvalue weighted by Gasteiger charge is 2.37. The molecule has 0 saturated carbocycles. The fraction of sp³-hybridized carbons (Fsp3) is 0.632. The summed E-state index contributed by atoms with van der Waals surface area (Å²) in [4.78, 5) is 14.9. The number of amides is 1. The average molecular weight is 377 g/mol. The minimum absolute atomic E-state index is 0.00506. The van der Waals surface area contributed by atoms with Gasteiger partial charge in [0.25, 0.3) is 5.91 Å². The van der Waals surface area contributed by atoms with Crippen LogP contribution in [0.1, 0.15) is 67.5 Å². The predicted octanol–water partition coefficient (Wildman–Crippen LogP) is 2.97. The van der Waals surface area contributed by atoms with Gasteiger partial charge in [-0.3, -0.25) is 10.2 Å². The summed E-state index contributed by atoms with van der Waals surface area (Å²) >= 11 is 4.87. The number of furan rings is 1. The fourth-order valence-electron chi connectivity index (χ4n) is 3.89. The van der Waals surface area contributed by atoms with Gasteiger partial charge in [0.2, 0.25) is 0 Å². The van der Waals surface area contributed by atoms with Crippen molar-refractivity contribution in [1.29, 1.82) is 0 Å². The SMILES string of the molecule is Cc1c(C(=O)N2CCC(C)CC2)oc2c1/C(=N\NC(N)=S)CC(C)(C)C2. The van der Waals surface area contributed by atoms with Crippen LogP contribution < -0.4 is 11.2 Å². The molecule has 1 aliphatic carbocycles. The van der Waals surface area contributed by atoms with Gasteiger partial charge < -0.3 is 15.1 Å². The minimum atomic E-state index is -0.0109. The van der Waals surface area contributed by atoms with E-state index in [2.05, 4.69) is 31.3 Å². The van der Waals surface area contributed by atoms with E-state index in [-0.39, 0.29) is 16.4 Å². The lowest BCUT2D eigenvalue weighted by atomic mass is 9.75. The van der Waals surface area contributed by atoms with E-state index in [0.717, 1.165) is 61.4 Å². The molecule has 1 amide bonds. The number of nitrogens with one attached hydrogen (secondary N) is 1. The largest absolute Gasteiger partial charge is 0.455 e. The van der Waals surface area contributed by atoms with Crippen LogP contribution in [-0.4, -0.2) is 34.7 Å². The number of nitrogens with two attached hydrogens (primary N) is 1. The first-order chi connectivity index (χ1) is 12.2. The van der Waals surface area contributed by atoms with E-state index in [9.17, 15) is 4.79 Å². The molecular weight excluding hydrogens is 348 g/mol. The number of likely N-dealkylation sites (tertiary alicyclic amines) is 1.